The molecule has 5 heteroatoms. The molecule has 1 fully saturated rings. The van der Waals surface area contributed by atoms with E-state index in [1.165, 1.54) is 5.56 Å². The number of hydrogen-bond donors (Lipinski definition) is 0. The van der Waals surface area contributed by atoms with Gasteiger partial charge in [0.15, 0.2) is 0 Å². The summed E-state index contributed by atoms with van der Waals surface area (Å²) in [6.07, 6.45) is 1.53. The summed E-state index contributed by atoms with van der Waals surface area (Å²) in [4.78, 5) is 15.0. The van der Waals surface area contributed by atoms with Gasteiger partial charge in [-0.05, 0) is 56.5 Å². The van der Waals surface area contributed by atoms with Gasteiger partial charge in [-0.1, -0.05) is 23.8 Å². The van der Waals surface area contributed by atoms with E-state index in [2.05, 4.69) is 0 Å². The van der Waals surface area contributed by atoms with Gasteiger partial charge in [-0.3, -0.25) is 4.79 Å². The van der Waals surface area contributed by atoms with E-state index in [9.17, 15) is 4.79 Å². The third kappa shape index (κ3) is 3.33. The van der Waals surface area contributed by atoms with Gasteiger partial charge in [-0.25, -0.2) is 0 Å². The van der Waals surface area contributed by atoms with Gasteiger partial charge in [0.1, 0.15) is 5.75 Å². The maximum absolute atomic E-state index is 13.2. The number of aryl methyl sites for hydroxylation is 2. The lowest BCUT2D eigenvalue weighted by Gasteiger charge is -2.32. The standard InChI is InChI=1S/C22H25NO4/c1-16-6-3-7-18(14-16)25-11-4-10-23-20-9-8-17(2)15-19(20)22(21(23)24)26-12-5-13-27-22/h3,6-9,14-15H,4-5,10-13H2,1-2H3. The summed E-state index contributed by atoms with van der Waals surface area (Å²) in [6, 6.07) is 14.0. The summed E-state index contributed by atoms with van der Waals surface area (Å²) >= 11 is 0. The Balaban J connectivity index is 1.47. The average Bonchev–Trinajstić information content (AvgIpc) is 2.88. The Morgan fingerprint density at radius 1 is 1.07 bits per heavy atom. The van der Waals surface area contributed by atoms with Gasteiger partial charge in [-0.2, -0.15) is 0 Å². The van der Waals surface area contributed by atoms with Crippen LogP contribution in [0.5, 0.6) is 5.75 Å². The van der Waals surface area contributed by atoms with Crippen LogP contribution in [0.15, 0.2) is 42.5 Å². The SMILES string of the molecule is Cc1cccc(OCCCN2C(=O)C3(OCCCO3)c3cc(C)ccc32)c1. The number of nitrogens with zero attached hydrogens (tertiary/aromatic N) is 1. The largest absolute Gasteiger partial charge is 0.494 e. The second-order valence-electron chi connectivity index (χ2n) is 7.16. The number of carbonyl (C=O) groups is 1. The lowest BCUT2D eigenvalue weighted by atomic mass is 10.0. The van der Waals surface area contributed by atoms with Gasteiger partial charge < -0.3 is 19.1 Å². The molecule has 0 saturated carbocycles. The van der Waals surface area contributed by atoms with Crippen molar-refractivity contribution in [1.29, 1.82) is 0 Å². The van der Waals surface area contributed by atoms with E-state index >= 15 is 0 Å². The molecule has 142 valence electrons. The van der Waals surface area contributed by atoms with Crippen LogP contribution in [0.3, 0.4) is 0 Å². The van der Waals surface area contributed by atoms with Crippen molar-refractivity contribution in [3.8, 4) is 5.75 Å². The summed E-state index contributed by atoms with van der Waals surface area (Å²) in [7, 11) is 0. The highest BCUT2D eigenvalue weighted by atomic mass is 16.7. The highest BCUT2D eigenvalue weighted by Gasteiger charge is 2.54. The van der Waals surface area contributed by atoms with Gasteiger partial charge >= 0.3 is 0 Å². The molecule has 2 aliphatic rings. The Bertz CT molecular complexity index is 842. The minimum absolute atomic E-state index is 0.127. The van der Waals surface area contributed by atoms with Crippen LogP contribution in [0.25, 0.3) is 0 Å². The number of benzene rings is 2. The zero-order valence-corrected chi connectivity index (χ0v) is 15.9. The Kier molecular flexibility index (Phi) is 4.89. The number of fused-ring (bicyclic) bond motifs is 2. The molecule has 0 bridgehead atoms. The predicted molar refractivity (Wildman–Crippen MR) is 103 cm³/mol. The summed E-state index contributed by atoms with van der Waals surface area (Å²) in [6.45, 7) is 6.23. The van der Waals surface area contributed by atoms with E-state index in [0.717, 1.165) is 35.4 Å². The van der Waals surface area contributed by atoms with Crippen molar-refractivity contribution in [3.63, 3.8) is 0 Å². The first-order chi connectivity index (χ1) is 13.1. The van der Waals surface area contributed by atoms with Crippen LogP contribution < -0.4 is 9.64 Å². The minimum atomic E-state index is -1.27. The zero-order valence-electron chi connectivity index (χ0n) is 15.9. The summed E-state index contributed by atoms with van der Waals surface area (Å²) in [5.41, 5.74) is 3.96. The third-order valence-corrected chi connectivity index (χ3v) is 5.01. The van der Waals surface area contributed by atoms with E-state index in [4.69, 9.17) is 14.2 Å². The van der Waals surface area contributed by atoms with Gasteiger partial charge in [0.05, 0.1) is 25.5 Å². The highest BCUT2D eigenvalue weighted by Crippen LogP contribution is 2.45. The van der Waals surface area contributed by atoms with Crippen LogP contribution in [0.4, 0.5) is 5.69 Å². The van der Waals surface area contributed by atoms with Crippen LogP contribution in [0.2, 0.25) is 0 Å². The van der Waals surface area contributed by atoms with Crippen molar-refractivity contribution in [2.75, 3.05) is 31.3 Å². The second kappa shape index (κ2) is 7.33. The van der Waals surface area contributed by atoms with Crippen LogP contribution in [-0.2, 0) is 20.1 Å². The first-order valence-electron chi connectivity index (χ1n) is 9.51. The summed E-state index contributed by atoms with van der Waals surface area (Å²) < 4.78 is 17.6. The fourth-order valence-electron chi connectivity index (χ4n) is 3.70. The van der Waals surface area contributed by atoms with E-state index in [-0.39, 0.29) is 5.91 Å². The Hall–Kier alpha value is -2.37. The number of anilines is 1. The van der Waals surface area contributed by atoms with Crippen molar-refractivity contribution < 1.29 is 19.0 Å². The number of rotatable bonds is 5. The Morgan fingerprint density at radius 2 is 1.85 bits per heavy atom. The van der Waals surface area contributed by atoms with Gasteiger partial charge in [0, 0.05) is 12.1 Å². The van der Waals surface area contributed by atoms with Gasteiger partial charge in [0.25, 0.3) is 11.7 Å². The van der Waals surface area contributed by atoms with E-state index in [0.29, 0.717) is 26.4 Å². The molecular formula is C22H25NO4. The molecule has 4 rings (SSSR count). The van der Waals surface area contributed by atoms with Gasteiger partial charge in [0.2, 0.25) is 0 Å². The molecule has 0 unspecified atom stereocenters. The number of ether oxygens (including phenoxy) is 3. The molecule has 0 aromatic heterocycles. The molecule has 1 amide bonds. The smallest absolute Gasteiger partial charge is 0.292 e. The molecule has 0 radical (unpaired) electrons. The molecule has 0 aliphatic carbocycles. The first kappa shape index (κ1) is 18.0. The molecular weight excluding hydrogens is 342 g/mol. The Labute approximate surface area is 159 Å². The molecule has 0 N–H and O–H groups in total. The first-order valence-corrected chi connectivity index (χ1v) is 9.51. The fraction of sp³-hybridized carbons (Fsp3) is 0.409. The molecule has 2 aromatic rings. The van der Waals surface area contributed by atoms with Crippen molar-refractivity contribution in [3.05, 3.63) is 59.2 Å². The quantitative estimate of drug-likeness (QED) is 0.756. The maximum Gasteiger partial charge on any atom is 0.292 e. The molecule has 2 heterocycles. The number of amides is 1. The maximum atomic E-state index is 13.2. The second-order valence-corrected chi connectivity index (χ2v) is 7.16. The van der Waals surface area contributed by atoms with Crippen LogP contribution in [0.1, 0.15) is 29.5 Å². The molecule has 2 aromatic carbocycles. The highest BCUT2D eigenvalue weighted by molar-refractivity contribution is 6.06. The van der Waals surface area contributed by atoms with Gasteiger partial charge in [-0.15, -0.1) is 0 Å². The predicted octanol–water partition coefficient (Wildman–Crippen LogP) is 3.71. The van der Waals surface area contributed by atoms with Crippen molar-refractivity contribution in [1.82, 2.24) is 0 Å². The topological polar surface area (TPSA) is 48.0 Å². The molecule has 27 heavy (non-hydrogen) atoms. The van der Waals surface area contributed by atoms with Crippen LogP contribution in [0, 0.1) is 13.8 Å². The van der Waals surface area contributed by atoms with E-state index in [1.807, 2.05) is 56.3 Å². The normalized spacial score (nSPS) is 18.0. The van der Waals surface area contributed by atoms with Crippen molar-refractivity contribution in [2.45, 2.75) is 32.5 Å². The molecule has 2 aliphatic heterocycles. The lowest BCUT2D eigenvalue weighted by molar-refractivity contribution is -0.256. The lowest BCUT2D eigenvalue weighted by Crippen LogP contribution is -2.47. The molecule has 1 saturated heterocycles. The summed E-state index contributed by atoms with van der Waals surface area (Å²) in [5, 5.41) is 0. The molecule has 0 atom stereocenters. The monoisotopic (exact) mass is 367 g/mol. The molecule has 5 nitrogen and oxygen atoms in total. The Morgan fingerprint density at radius 3 is 2.63 bits per heavy atom. The van der Waals surface area contributed by atoms with Crippen LogP contribution in [-0.4, -0.2) is 32.3 Å². The zero-order chi connectivity index (χ0) is 18.9. The van der Waals surface area contributed by atoms with E-state index in [1.54, 1.807) is 4.90 Å². The third-order valence-electron chi connectivity index (χ3n) is 5.01. The van der Waals surface area contributed by atoms with Crippen molar-refractivity contribution in [2.24, 2.45) is 0 Å². The fourth-order valence-corrected chi connectivity index (χ4v) is 3.70. The number of hydrogen-bond acceptors (Lipinski definition) is 4. The average molecular weight is 367 g/mol. The van der Waals surface area contributed by atoms with Crippen molar-refractivity contribution >= 4 is 11.6 Å². The molecule has 1 spiro atoms. The van der Waals surface area contributed by atoms with E-state index < -0.39 is 5.79 Å². The summed E-state index contributed by atoms with van der Waals surface area (Å²) in [5.74, 6) is -0.538. The minimum Gasteiger partial charge on any atom is -0.494 e. The number of carbonyl (C=O) groups excluding carboxylic acids is 1. The van der Waals surface area contributed by atoms with Crippen LogP contribution >= 0.6 is 0 Å².